The van der Waals surface area contributed by atoms with Crippen molar-refractivity contribution in [2.45, 2.75) is 19.9 Å². The molecule has 0 saturated carbocycles. The van der Waals surface area contributed by atoms with Crippen molar-refractivity contribution in [2.75, 3.05) is 12.4 Å². The highest BCUT2D eigenvalue weighted by Crippen LogP contribution is 2.24. The number of rotatable bonds is 5. The van der Waals surface area contributed by atoms with Gasteiger partial charge >= 0.3 is 5.97 Å². The predicted octanol–water partition coefficient (Wildman–Crippen LogP) is 5.17. The molecule has 0 radical (unpaired) electrons. The van der Waals surface area contributed by atoms with Crippen molar-refractivity contribution < 1.29 is 9.53 Å². The first-order valence-corrected chi connectivity index (χ1v) is 9.76. The van der Waals surface area contributed by atoms with Crippen molar-refractivity contribution >= 4 is 29.0 Å². The minimum Gasteiger partial charge on any atom is -0.465 e. The molecule has 0 aromatic heterocycles. The molecule has 3 aromatic carbocycles. The Balaban J connectivity index is 1.85. The topological polar surface area (TPSA) is 50.4 Å². The Kier molecular flexibility index (Phi) is 6.62. The second-order valence-corrected chi connectivity index (χ2v) is 7.29. The van der Waals surface area contributed by atoms with Crippen LogP contribution in [0.4, 0.5) is 5.69 Å². The van der Waals surface area contributed by atoms with Gasteiger partial charge in [0.15, 0.2) is 5.11 Å². The first-order valence-electron chi connectivity index (χ1n) is 9.36. The molecule has 4 nitrogen and oxygen atoms in total. The molecule has 3 aromatic rings. The van der Waals surface area contributed by atoms with Gasteiger partial charge in [0.2, 0.25) is 0 Å². The number of ether oxygens (including phenoxy) is 1. The number of hydrogen-bond donors (Lipinski definition) is 2. The van der Waals surface area contributed by atoms with Gasteiger partial charge < -0.3 is 15.4 Å². The number of anilines is 1. The molecule has 0 aliphatic rings. The largest absolute Gasteiger partial charge is 0.465 e. The average Bonchev–Trinajstić information content (AvgIpc) is 2.73. The van der Waals surface area contributed by atoms with Gasteiger partial charge in [0.25, 0.3) is 0 Å². The third-order valence-electron chi connectivity index (χ3n) is 4.69. The summed E-state index contributed by atoms with van der Waals surface area (Å²) < 4.78 is 4.81. The summed E-state index contributed by atoms with van der Waals surface area (Å²) in [6.45, 7) is 4.03. The Morgan fingerprint density at radius 1 is 0.931 bits per heavy atom. The molecule has 0 aliphatic carbocycles. The summed E-state index contributed by atoms with van der Waals surface area (Å²) in [6.07, 6.45) is 0. The van der Waals surface area contributed by atoms with Gasteiger partial charge in [0, 0.05) is 5.69 Å². The molecule has 148 valence electrons. The molecule has 0 saturated heterocycles. The van der Waals surface area contributed by atoms with Crippen LogP contribution in [0.1, 0.15) is 38.7 Å². The van der Waals surface area contributed by atoms with E-state index in [-0.39, 0.29) is 12.0 Å². The lowest BCUT2D eigenvalue weighted by Gasteiger charge is -2.23. The van der Waals surface area contributed by atoms with E-state index in [1.54, 1.807) is 12.1 Å². The molecule has 2 N–H and O–H groups in total. The SMILES string of the molecule is COC(=O)c1ccc(C)c(NC(=S)N[C@@H](c2ccccc2)c2cccc(C)c2)c1. The fraction of sp³-hybridized carbons (Fsp3) is 0.167. The first-order chi connectivity index (χ1) is 14.0. The van der Waals surface area contributed by atoms with Crippen molar-refractivity contribution in [1.29, 1.82) is 0 Å². The van der Waals surface area contributed by atoms with E-state index >= 15 is 0 Å². The lowest BCUT2D eigenvalue weighted by Crippen LogP contribution is -2.33. The van der Waals surface area contributed by atoms with E-state index in [9.17, 15) is 4.79 Å². The average molecular weight is 405 g/mol. The molecule has 1 atom stereocenters. The molecule has 5 heteroatoms. The number of aryl methyl sites for hydroxylation is 2. The van der Waals surface area contributed by atoms with Crippen LogP contribution < -0.4 is 10.6 Å². The fourth-order valence-corrected chi connectivity index (χ4v) is 3.37. The van der Waals surface area contributed by atoms with Crippen molar-refractivity contribution in [2.24, 2.45) is 0 Å². The van der Waals surface area contributed by atoms with Gasteiger partial charge in [-0.3, -0.25) is 0 Å². The quantitative estimate of drug-likeness (QED) is 0.454. The fourth-order valence-electron chi connectivity index (χ4n) is 3.15. The lowest BCUT2D eigenvalue weighted by atomic mass is 9.97. The normalized spacial score (nSPS) is 11.4. The van der Waals surface area contributed by atoms with Crippen molar-refractivity contribution in [3.8, 4) is 0 Å². The zero-order valence-corrected chi connectivity index (χ0v) is 17.5. The van der Waals surface area contributed by atoms with Crippen LogP contribution in [0.5, 0.6) is 0 Å². The van der Waals surface area contributed by atoms with Gasteiger partial charge in [-0.05, 0) is 54.9 Å². The molecule has 0 amide bonds. The standard InChI is InChI=1S/C24H24N2O2S/c1-16-8-7-11-19(14-16)22(18-9-5-4-6-10-18)26-24(29)25-21-15-20(23(27)28-3)13-12-17(21)2/h4-15,22H,1-3H3,(H2,25,26,29)/t22-/m0/s1. The van der Waals surface area contributed by atoms with E-state index in [0.29, 0.717) is 10.7 Å². The zero-order valence-electron chi connectivity index (χ0n) is 16.7. The molecule has 29 heavy (non-hydrogen) atoms. The van der Waals surface area contributed by atoms with E-state index in [1.807, 2.05) is 37.3 Å². The highest BCUT2D eigenvalue weighted by atomic mass is 32.1. The van der Waals surface area contributed by atoms with E-state index in [0.717, 1.165) is 22.4 Å². The number of carbonyl (C=O) groups is 1. The van der Waals surface area contributed by atoms with Gasteiger partial charge in [-0.25, -0.2) is 4.79 Å². The van der Waals surface area contributed by atoms with Gasteiger partial charge in [-0.1, -0.05) is 66.2 Å². The van der Waals surface area contributed by atoms with Crippen LogP contribution in [0, 0.1) is 13.8 Å². The van der Waals surface area contributed by atoms with Gasteiger partial charge in [-0.2, -0.15) is 0 Å². The molecular formula is C24H24N2O2S. The van der Waals surface area contributed by atoms with E-state index in [2.05, 4.69) is 47.9 Å². The summed E-state index contributed by atoms with van der Waals surface area (Å²) in [5, 5.41) is 7.12. The second kappa shape index (κ2) is 9.34. The van der Waals surface area contributed by atoms with Crippen LogP contribution in [0.25, 0.3) is 0 Å². The summed E-state index contributed by atoms with van der Waals surface area (Å²) in [7, 11) is 1.37. The summed E-state index contributed by atoms with van der Waals surface area (Å²) in [5.74, 6) is -0.381. The van der Waals surface area contributed by atoms with Crippen molar-refractivity contribution in [3.05, 3.63) is 101 Å². The number of thiocarbonyl (C=S) groups is 1. The Bertz CT molecular complexity index is 1020. The monoisotopic (exact) mass is 404 g/mol. The van der Waals surface area contributed by atoms with Crippen molar-refractivity contribution in [1.82, 2.24) is 5.32 Å². The maximum atomic E-state index is 11.8. The molecule has 0 fully saturated rings. The molecule has 3 rings (SSSR count). The summed E-state index contributed by atoms with van der Waals surface area (Å²) in [6, 6.07) is 23.8. The lowest BCUT2D eigenvalue weighted by molar-refractivity contribution is 0.0601. The van der Waals surface area contributed by atoms with E-state index < -0.39 is 0 Å². The van der Waals surface area contributed by atoms with E-state index in [4.69, 9.17) is 17.0 Å². The summed E-state index contributed by atoms with van der Waals surface area (Å²) in [5.41, 5.74) is 5.64. The zero-order chi connectivity index (χ0) is 20.8. The third kappa shape index (κ3) is 5.21. The van der Waals surface area contributed by atoms with Crippen molar-refractivity contribution in [3.63, 3.8) is 0 Å². The number of esters is 1. The maximum absolute atomic E-state index is 11.8. The van der Waals surface area contributed by atoms with E-state index in [1.165, 1.54) is 12.7 Å². The number of carbonyl (C=O) groups excluding carboxylic acids is 1. The van der Waals surface area contributed by atoms with Gasteiger partial charge in [0.05, 0.1) is 18.7 Å². The first kappa shape index (κ1) is 20.6. The Morgan fingerprint density at radius 2 is 1.66 bits per heavy atom. The summed E-state index contributed by atoms with van der Waals surface area (Å²) >= 11 is 5.60. The number of methoxy groups -OCH3 is 1. The molecule has 0 bridgehead atoms. The number of benzene rings is 3. The maximum Gasteiger partial charge on any atom is 0.337 e. The Labute approximate surface area is 176 Å². The minimum absolute atomic E-state index is 0.0970. The van der Waals surface area contributed by atoms with Crippen LogP contribution in [-0.4, -0.2) is 18.2 Å². The third-order valence-corrected chi connectivity index (χ3v) is 4.91. The smallest absolute Gasteiger partial charge is 0.337 e. The van der Waals surface area contributed by atoms with Crippen LogP contribution in [0.3, 0.4) is 0 Å². The molecule has 0 spiro atoms. The molecular weight excluding hydrogens is 380 g/mol. The van der Waals surface area contributed by atoms with Crippen LogP contribution in [-0.2, 0) is 4.74 Å². The minimum atomic E-state index is -0.381. The molecule has 0 heterocycles. The Morgan fingerprint density at radius 3 is 2.34 bits per heavy atom. The van der Waals surface area contributed by atoms with Crippen LogP contribution in [0.15, 0.2) is 72.8 Å². The highest BCUT2D eigenvalue weighted by molar-refractivity contribution is 7.80. The molecule has 0 aliphatic heterocycles. The Hall–Kier alpha value is -3.18. The number of hydrogen-bond acceptors (Lipinski definition) is 3. The second-order valence-electron chi connectivity index (χ2n) is 6.88. The van der Waals surface area contributed by atoms with Crippen LogP contribution in [0.2, 0.25) is 0 Å². The predicted molar refractivity (Wildman–Crippen MR) is 121 cm³/mol. The number of nitrogens with one attached hydrogen (secondary N) is 2. The van der Waals surface area contributed by atoms with Crippen LogP contribution >= 0.6 is 12.2 Å². The highest BCUT2D eigenvalue weighted by Gasteiger charge is 2.16. The van der Waals surface area contributed by atoms with Gasteiger partial charge in [0.1, 0.15) is 0 Å². The van der Waals surface area contributed by atoms with Gasteiger partial charge in [-0.15, -0.1) is 0 Å². The summed E-state index contributed by atoms with van der Waals surface area (Å²) in [4.78, 5) is 11.8. The molecule has 0 unspecified atom stereocenters.